The van der Waals surface area contributed by atoms with Crippen molar-refractivity contribution in [2.75, 3.05) is 0 Å². The van der Waals surface area contributed by atoms with E-state index in [1.54, 1.807) is 0 Å². The van der Waals surface area contributed by atoms with Crippen molar-refractivity contribution in [1.29, 1.82) is 5.41 Å². The second-order valence-corrected chi connectivity index (χ2v) is 11.6. The van der Waals surface area contributed by atoms with Crippen molar-refractivity contribution in [3.05, 3.63) is 76.7 Å². The van der Waals surface area contributed by atoms with E-state index in [4.69, 9.17) is 0 Å². The second kappa shape index (κ2) is 11.3. The van der Waals surface area contributed by atoms with Crippen LogP contribution in [0.15, 0.2) is 48.8 Å². The van der Waals surface area contributed by atoms with E-state index in [9.17, 15) is 5.41 Å². The molecule has 3 rings (SSSR count). The molecular formula is C31H45N3. The molecule has 0 aliphatic rings. The van der Waals surface area contributed by atoms with Crippen molar-refractivity contribution in [2.24, 2.45) is 23.7 Å². The zero-order chi connectivity index (χ0) is 25.0. The van der Waals surface area contributed by atoms with E-state index >= 15 is 0 Å². The number of para-hydroxylation sites is 2. The Morgan fingerprint density at radius 3 is 1.03 bits per heavy atom. The molecule has 0 saturated carbocycles. The lowest BCUT2D eigenvalue weighted by molar-refractivity contribution is 0.624. The summed E-state index contributed by atoms with van der Waals surface area (Å²) in [5, 5.41) is 9.34. The molecule has 1 aromatic heterocycles. The van der Waals surface area contributed by atoms with Crippen molar-refractivity contribution in [2.45, 2.75) is 81.1 Å². The van der Waals surface area contributed by atoms with E-state index in [-0.39, 0.29) is 0 Å². The van der Waals surface area contributed by atoms with Crippen molar-refractivity contribution >= 4 is 0 Å². The Morgan fingerprint density at radius 1 is 0.529 bits per heavy atom. The lowest BCUT2D eigenvalue weighted by Gasteiger charge is -2.20. The standard InChI is InChI=1S/C31H45N3/c1-21(2)17-25-11-9-12-26(18-22(3)4)29(25)33-15-16-34(31(33)32)30-27(19-23(5)6)13-10-14-28(30)20-24(7)8/h9-16,21-24,32H,17-20H2,1-8H3. The molecule has 1 N–H and O–H groups in total. The number of nitrogens with one attached hydrogen (secondary N) is 1. The molecule has 1 heterocycles. The summed E-state index contributed by atoms with van der Waals surface area (Å²) in [5.74, 6) is 2.26. The van der Waals surface area contributed by atoms with E-state index < -0.39 is 0 Å². The summed E-state index contributed by atoms with van der Waals surface area (Å²) in [5.41, 5.74) is 8.29. The Kier molecular flexibility index (Phi) is 8.62. The fourth-order valence-corrected chi connectivity index (χ4v) is 5.08. The average molecular weight is 460 g/mol. The minimum absolute atomic E-state index is 0.530. The average Bonchev–Trinajstić information content (AvgIpc) is 3.07. The SMILES string of the molecule is CC(C)Cc1cccc(CC(C)C)c1-n1ccn(-c2c(CC(C)C)cccc2CC(C)C)c1=N. The van der Waals surface area contributed by atoms with E-state index in [2.05, 4.69) is 113 Å². The largest absolute Gasteiger partial charge is 0.286 e. The molecule has 0 radical (unpaired) electrons. The van der Waals surface area contributed by atoms with Crippen molar-refractivity contribution < 1.29 is 0 Å². The van der Waals surface area contributed by atoms with Crippen LogP contribution in [0.1, 0.15) is 77.6 Å². The number of benzene rings is 2. The summed E-state index contributed by atoms with van der Waals surface area (Å²) in [6.45, 7) is 18.2. The molecule has 3 aromatic rings. The number of hydrogen-bond donors (Lipinski definition) is 1. The smallest absolute Gasteiger partial charge is 0.211 e. The Labute approximate surface area is 207 Å². The summed E-state index contributed by atoms with van der Waals surface area (Å²) in [7, 11) is 0. The zero-order valence-electron chi connectivity index (χ0n) is 22.7. The van der Waals surface area contributed by atoms with Crippen LogP contribution in [0.5, 0.6) is 0 Å². The molecule has 3 nitrogen and oxygen atoms in total. The Hall–Kier alpha value is -2.55. The van der Waals surface area contributed by atoms with Crippen LogP contribution in [-0.2, 0) is 25.7 Å². The second-order valence-electron chi connectivity index (χ2n) is 11.6. The predicted molar refractivity (Wildman–Crippen MR) is 145 cm³/mol. The van der Waals surface area contributed by atoms with Gasteiger partial charge in [-0.05, 0) is 71.6 Å². The zero-order valence-corrected chi connectivity index (χ0v) is 22.7. The van der Waals surface area contributed by atoms with Crippen LogP contribution < -0.4 is 5.62 Å². The van der Waals surface area contributed by atoms with Crippen LogP contribution in [0.25, 0.3) is 11.4 Å². The number of rotatable bonds is 10. The fraction of sp³-hybridized carbons (Fsp3) is 0.516. The number of aromatic nitrogens is 2. The van der Waals surface area contributed by atoms with E-state index in [1.807, 2.05) is 0 Å². The monoisotopic (exact) mass is 459 g/mol. The van der Waals surface area contributed by atoms with Crippen LogP contribution in [0, 0.1) is 29.1 Å². The van der Waals surface area contributed by atoms with Gasteiger partial charge in [-0.2, -0.15) is 0 Å². The molecular weight excluding hydrogens is 414 g/mol. The lowest BCUT2D eigenvalue weighted by atomic mass is 9.94. The van der Waals surface area contributed by atoms with Gasteiger partial charge in [0.15, 0.2) is 0 Å². The first-order valence-corrected chi connectivity index (χ1v) is 13.1. The van der Waals surface area contributed by atoms with Gasteiger partial charge in [0.05, 0.1) is 11.4 Å². The van der Waals surface area contributed by atoms with E-state index in [0.717, 1.165) is 25.7 Å². The van der Waals surface area contributed by atoms with Crippen LogP contribution in [0.4, 0.5) is 0 Å². The van der Waals surface area contributed by atoms with Crippen LogP contribution in [-0.4, -0.2) is 9.13 Å². The maximum Gasteiger partial charge on any atom is 0.211 e. The first-order chi connectivity index (χ1) is 16.1. The molecule has 3 heteroatoms. The van der Waals surface area contributed by atoms with Crippen molar-refractivity contribution in [3.8, 4) is 11.4 Å². The first kappa shape index (κ1) is 26.1. The van der Waals surface area contributed by atoms with Gasteiger partial charge in [-0.25, -0.2) is 0 Å². The third-order valence-corrected chi connectivity index (χ3v) is 6.22. The molecule has 0 aliphatic heterocycles. The highest BCUT2D eigenvalue weighted by Crippen LogP contribution is 2.27. The number of imidazole rings is 1. The van der Waals surface area contributed by atoms with Crippen LogP contribution >= 0.6 is 0 Å². The van der Waals surface area contributed by atoms with Gasteiger partial charge >= 0.3 is 0 Å². The summed E-state index contributed by atoms with van der Waals surface area (Å²) in [4.78, 5) is 0. The van der Waals surface area contributed by atoms with Crippen LogP contribution in [0.3, 0.4) is 0 Å². The molecule has 0 saturated heterocycles. The van der Waals surface area contributed by atoms with Gasteiger partial charge < -0.3 is 0 Å². The predicted octanol–water partition coefficient (Wildman–Crippen LogP) is 7.54. The highest BCUT2D eigenvalue weighted by atomic mass is 15.2. The summed E-state index contributed by atoms with van der Waals surface area (Å²) < 4.78 is 4.25. The molecule has 0 atom stereocenters. The molecule has 0 spiro atoms. The van der Waals surface area contributed by atoms with Gasteiger partial charge in [-0.1, -0.05) is 91.8 Å². The van der Waals surface area contributed by atoms with E-state index in [0.29, 0.717) is 29.3 Å². The molecule has 0 fully saturated rings. The lowest BCUT2D eigenvalue weighted by Crippen LogP contribution is -2.26. The molecule has 34 heavy (non-hydrogen) atoms. The molecule has 2 aromatic carbocycles. The maximum atomic E-state index is 9.34. The summed E-state index contributed by atoms with van der Waals surface area (Å²) >= 11 is 0. The number of nitrogens with zero attached hydrogens (tertiary/aromatic N) is 2. The summed E-state index contributed by atoms with van der Waals surface area (Å²) in [6, 6.07) is 13.4. The van der Waals surface area contributed by atoms with Gasteiger partial charge in [-0.3, -0.25) is 14.5 Å². The minimum atomic E-state index is 0.530. The summed E-state index contributed by atoms with van der Waals surface area (Å²) in [6.07, 6.45) is 8.28. The molecule has 0 aliphatic carbocycles. The van der Waals surface area contributed by atoms with Gasteiger partial charge in [0.25, 0.3) is 0 Å². The van der Waals surface area contributed by atoms with Crippen molar-refractivity contribution in [3.63, 3.8) is 0 Å². The van der Waals surface area contributed by atoms with Gasteiger partial charge in [0.1, 0.15) is 0 Å². The van der Waals surface area contributed by atoms with Crippen LogP contribution in [0.2, 0.25) is 0 Å². The Balaban J connectivity index is 2.24. The maximum absolute atomic E-state index is 9.34. The minimum Gasteiger partial charge on any atom is -0.286 e. The molecule has 0 amide bonds. The molecule has 0 unspecified atom stereocenters. The fourth-order valence-electron chi connectivity index (χ4n) is 5.08. The van der Waals surface area contributed by atoms with Crippen molar-refractivity contribution in [1.82, 2.24) is 9.13 Å². The normalized spacial score (nSPS) is 12.0. The third-order valence-electron chi connectivity index (χ3n) is 6.22. The highest BCUT2D eigenvalue weighted by Gasteiger charge is 2.18. The van der Waals surface area contributed by atoms with Gasteiger partial charge in [-0.15, -0.1) is 0 Å². The molecule has 0 bridgehead atoms. The topological polar surface area (TPSA) is 33.7 Å². The highest BCUT2D eigenvalue weighted by molar-refractivity contribution is 5.52. The quantitative estimate of drug-likeness (QED) is 0.325. The van der Waals surface area contributed by atoms with E-state index in [1.165, 1.54) is 33.6 Å². The Morgan fingerprint density at radius 2 is 0.794 bits per heavy atom. The van der Waals surface area contributed by atoms with Gasteiger partial charge in [0, 0.05) is 12.4 Å². The molecule has 184 valence electrons. The first-order valence-electron chi connectivity index (χ1n) is 13.1. The Bertz CT molecular complexity index is 997. The third kappa shape index (κ3) is 6.11. The van der Waals surface area contributed by atoms with Gasteiger partial charge in [0.2, 0.25) is 5.62 Å². The number of hydrogen-bond acceptors (Lipinski definition) is 1.